The van der Waals surface area contributed by atoms with Crippen LogP contribution in [0.15, 0.2) is 0 Å². The van der Waals surface area contributed by atoms with Gasteiger partial charge >= 0.3 is 0 Å². The Balaban J connectivity index is 1.68. The Labute approximate surface area is 86.0 Å². The van der Waals surface area contributed by atoms with Gasteiger partial charge in [-0.05, 0) is 36.5 Å². The van der Waals surface area contributed by atoms with E-state index >= 15 is 0 Å². The first-order chi connectivity index (χ1) is 6.09. The number of hydrogen-bond acceptors (Lipinski definition) is 2. The van der Waals surface area contributed by atoms with Crippen LogP contribution in [0.5, 0.6) is 0 Å². The normalized spacial score (nSPS) is 42.2. The van der Waals surface area contributed by atoms with E-state index in [0.717, 1.165) is 17.2 Å². The number of nitrogens with one attached hydrogen (secondary N) is 1. The van der Waals surface area contributed by atoms with Crippen molar-refractivity contribution in [3.63, 3.8) is 0 Å². The summed E-state index contributed by atoms with van der Waals surface area (Å²) in [5.41, 5.74) is 0.641. The molecule has 1 N–H and O–H groups in total. The van der Waals surface area contributed by atoms with Gasteiger partial charge < -0.3 is 5.32 Å². The van der Waals surface area contributed by atoms with Crippen LogP contribution >= 0.6 is 11.8 Å². The van der Waals surface area contributed by atoms with E-state index in [2.05, 4.69) is 37.8 Å². The molecule has 0 amide bonds. The Bertz CT molecular complexity index is 191. The molecule has 2 rings (SSSR count). The lowest BCUT2D eigenvalue weighted by molar-refractivity contribution is 0.458. The summed E-state index contributed by atoms with van der Waals surface area (Å²) in [4.78, 5) is 0. The zero-order chi connectivity index (χ0) is 9.47. The van der Waals surface area contributed by atoms with E-state index in [1.165, 1.54) is 25.1 Å². The Morgan fingerprint density at radius 1 is 1.46 bits per heavy atom. The second kappa shape index (κ2) is 3.47. The summed E-state index contributed by atoms with van der Waals surface area (Å²) in [5, 5.41) is 4.56. The number of thioether (sulfide) groups is 1. The maximum absolute atomic E-state index is 3.73. The van der Waals surface area contributed by atoms with Gasteiger partial charge in [-0.3, -0.25) is 0 Å². The van der Waals surface area contributed by atoms with Crippen molar-refractivity contribution in [2.75, 3.05) is 12.3 Å². The molecule has 76 valence electrons. The van der Waals surface area contributed by atoms with E-state index in [9.17, 15) is 0 Å². The Morgan fingerprint density at radius 2 is 2.15 bits per heavy atom. The summed E-state index contributed by atoms with van der Waals surface area (Å²) in [6.07, 6.45) is 2.80. The van der Waals surface area contributed by atoms with Crippen LogP contribution in [0.4, 0.5) is 0 Å². The average molecular weight is 199 g/mol. The molecule has 2 heteroatoms. The average Bonchev–Trinajstić information content (AvgIpc) is 2.47. The topological polar surface area (TPSA) is 12.0 Å². The molecule has 0 aromatic rings. The van der Waals surface area contributed by atoms with Crippen LogP contribution in [0, 0.1) is 11.3 Å². The molecular weight excluding hydrogens is 178 g/mol. The SMILES string of the molecule is CC1SCCC1NCC1CC1(C)C. The van der Waals surface area contributed by atoms with Gasteiger partial charge in [0.1, 0.15) is 0 Å². The van der Waals surface area contributed by atoms with Crippen LogP contribution in [0.2, 0.25) is 0 Å². The third kappa shape index (κ3) is 2.21. The molecule has 13 heavy (non-hydrogen) atoms. The maximum atomic E-state index is 3.73. The molecule has 3 unspecified atom stereocenters. The lowest BCUT2D eigenvalue weighted by atomic mass is 10.1. The molecule has 1 heterocycles. The highest BCUT2D eigenvalue weighted by molar-refractivity contribution is 8.00. The number of hydrogen-bond donors (Lipinski definition) is 1. The first-order valence-corrected chi connectivity index (χ1v) is 6.49. The fourth-order valence-electron chi connectivity index (χ4n) is 2.22. The van der Waals surface area contributed by atoms with E-state index < -0.39 is 0 Å². The standard InChI is InChI=1S/C11H21NS/c1-8-10(4-5-13-8)12-7-9-6-11(9,2)3/h8-10,12H,4-7H2,1-3H3. The van der Waals surface area contributed by atoms with E-state index in [4.69, 9.17) is 0 Å². The van der Waals surface area contributed by atoms with Crippen LogP contribution in [-0.4, -0.2) is 23.6 Å². The Hall–Kier alpha value is 0.310. The summed E-state index contributed by atoms with van der Waals surface area (Å²) in [6.45, 7) is 8.37. The summed E-state index contributed by atoms with van der Waals surface area (Å²) >= 11 is 2.11. The maximum Gasteiger partial charge on any atom is 0.0191 e. The van der Waals surface area contributed by atoms with Gasteiger partial charge in [0.2, 0.25) is 0 Å². The van der Waals surface area contributed by atoms with Gasteiger partial charge in [-0.15, -0.1) is 0 Å². The van der Waals surface area contributed by atoms with Crippen LogP contribution < -0.4 is 5.32 Å². The van der Waals surface area contributed by atoms with Crippen molar-refractivity contribution < 1.29 is 0 Å². The molecule has 2 fully saturated rings. The Morgan fingerprint density at radius 3 is 2.62 bits per heavy atom. The van der Waals surface area contributed by atoms with Crippen molar-refractivity contribution in [3.8, 4) is 0 Å². The van der Waals surface area contributed by atoms with Crippen molar-refractivity contribution in [1.29, 1.82) is 0 Å². The lowest BCUT2D eigenvalue weighted by Gasteiger charge is -2.16. The van der Waals surface area contributed by atoms with Crippen LogP contribution in [0.25, 0.3) is 0 Å². The van der Waals surface area contributed by atoms with E-state index in [0.29, 0.717) is 5.41 Å². The Kier molecular flexibility index (Phi) is 2.63. The molecule has 0 bridgehead atoms. The van der Waals surface area contributed by atoms with Crippen molar-refractivity contribution in [2.45, 2.75) is 44.9 Å². The van der Waals surface area contributed by atoms with Gasteiger partial charge in [-0.2, -0.15) is 11.8 Å². The van der Waals surface area contributed by atoms with E-state index in [-0.39, 0.29) is 0 Å². The monoisotopic (exact) mass is 199 g/mol. The molecular formula is C11H21NS. The van der Waals surface area contributed by atoms with Gasteiger partial charge in [0.15, 0.2) is 0 Å². The fraction of sp³-hybridized carbons (Fsp3) is 1.00. The van der Waals surface area contributed by atoms with Crippen molar-refractivity contribution in [3.05, 3.63) is 0 Å². The lowest BCUT2D eigenvalue weighted by Crippen LogP contribution is -2.35. The first-order valence-electron chi connectivity index (χ1n) is 5.44. The largest absolute Gasteiger partial charge is 0.313 e. The van der Waals surface area contributed by atoms with E-state index in [1.54, 1.807) is 0 Å². The van der Waals surface area contributed by atoms with E-state index in [1.807, 2.05) is 0 Å². The summed E-state index contributed by atoms with van der Waals surface area (Å²) in [5.74, 6) is 2.30. The second-order valence-corrected chi connectivity index (χ2v) is 6.75. The third-order valence-corrected chi connectivity index (χ3v) is 5.05. The zero-order valence-electron chi connectivity index (χ0n) is 8.97. The van der Waals surface area contributed by atoms with Gasteiger partial charge in [0.05, 0.1) is 0 Å². The molecule has 3 atom stereocenters. The first kappa shape index (κ1) is 9.85. The van der Waals surface area contributed by atoms with Crippen molar-refractivity contribution in [1.82, 2.24) is 5.32 Å². The molecule has 0 aromatic heterocycles. The van der Waals surface area contributed by atoms with Crippen LogP contribution in [0.3, 0.4) is 0 Å². The zero-order valence-corrected chi connectivity index (χ0v) is 9.79. The molecule has 1 aliphatic heterocycles. The molecule has 1 saturated carbocycles. The molecule has 0 aromatic carbocycles. The molecule has 1 saturated heterocycles. The molecule has 2 aliphatic rings. The predicted octanol–water partition coefficient (Wildman–Crippen LogP) is 2.52. The minimum absolute atomic E-state index is 0.641. The molecule has 1 aliphatic carbocycles. The quantitative estimate of drug-likeness (QED) is 0.749. The van der Waals surface area contributed by atoms with Gasteiger partial charge in [0, 0.05) is 11.3 Å². The molecule has 0 radical (unpaired) electrons. The highest BCUT2D eigenvalue weighted by Gasteiger charge is 2.45. The highest BCUT2D eigenvalue weighted by atomic mass is 32.2. The summed E-state index contributed by atoms with van der Waals surface area (Å²) in [6, 6.07) is 0.793. The smallest absolute Gasteiger partial charge is 0.0191 e. The van der Waals surface area contributed by atoms with Crippen LogP contribution in [-0.2, 0) is 0 Å². The highest BCUT2D eigenvalue weighted by Crippen LogP contribution is 2.51. The van der Waals surface area contributed by atoms with Gasteiger partial charge in [0.25, 0.3) is 0 Å². The second-order valence-electron chi connectivity index (χ2n) is 5.27. The minimum Gasteiger partial charge on any atom is -0.313 e. The van der Waals surface area contributed by atoms with Crippen LogP contribution in [0.1, 0.15) is 33.6 Å². The summed E-state index contributed by atoms with van der Waals surface area (Å²) in [7, 11) is 0. The minimum atomic E-state index is 0.641. The van der Waals surface area contributed by atoms with Gasteiger partial charge in [-0.25, -0.2) is 0 Å². The van der Waals surface area contributed by atoms with Crippen molar-refractivity contribution >= 4 is 11.8 Å². The fourth-order valence-corrected chi connectivity index (χ4v) is 3.44. The molecule has 1 nitrogen and oxygen atoms in total. The van der Waals surface area contributed by atoms with Crippen molar-refractivity contribution in [2.24, 2.45) is 11.3 Å². The third-order valence-electron chi connectivity index (χ3n) is 3.72. The summed E-state index contributed by atoms with van der Waals surface area (Å²) < 4.78 is 0. The van der Waals surface area contributed by atoms with Gasteiger partial charge in [-0.1, -0.05) is 20.8 Å². The molecule has 0 spiro atoms. The number of rotatable bonds is 3. The predicted molar refractivity (Wildman–Crippen MR) is 60.2 cm³/mol.